The molecule has 0 aliphatic carbocycles. The van der Waals surface area contributed by atoms with Crippen molar-refractivity contribution < 1.29 is 31.9 Å². The number of pyridine rings is 1. The third-order valence-electron chi connectivity index (χ3n) is 4.82. The number of hydrogen-bond acceptors (Lipinski definition) is 7. The van der Waals surface area contributed by atoms with Gasteiger partial charge in [-0.05, 0) is 12.1 Å². The lowest BCUT2D eigenvalue weighted by molar-refractivity contribution is -0.118. The Hall–Kier alpha value is -4.56. The monoisotopic (exact) mass is 494 g/mol. The summed E-state index contributed by atoms with van der Waals surface area (Å²) in [6, 6.07) is 6.91. The number of nitrogens with two attached hydrogens (primary N) is 2. The molecule has 1 amide bonds. The van der Waals surface area contributed by atoms with Gasteiger partial charge in [0, 0.05) is 5.56 Å². The van der Waals surface area contributed by atoms with Gasteiger partial charge in [-0.1, -0.05) is 18.2 Å². The van der Waals surface area contributed by atoms with Gasteiger partial charge in [0.1, 0.15) is 29.6 Å². The number of fused-ring (bicyclic) bond motifs is 1. The van der Waals surface area contributed by atoms with Crippen LogP contribution in [0, 0.1) is 11.6 Å². The molecule has 0 saturated carbocycles. The summed E-state index contributed by atoms with van der Waals surface area (Å²) >= 11 is 0. The first-order chi connectivity index (χ1) is 16.4. The first kappa shape index (κ1) is 23.6. The molecule has 0 bridgehead atoms. The molecule has 10 nitrogen and oxygen atoms in total. The van der Waals surface area contributed by atoms with Crippen LogP contribution in [-0.2, 0) is 6.54 Å². The Morgan fingerprint density at radius 3 is 2.37 bits per heavy atom. The Morgan fingerprint density at radius 2 is 1.77 bits per heavy atom. The molecule has 0 radical (unpaired) electrons. The van der Waals surface area contributed by atoms with E-state index in [0.717, 1.165) is 12.3 Å². The normalized spacial score (nSPS) is 11.7. The highest BCUT2D eigenvalue weighted by Crippen LogP contribution is 2.34. The van der Waals surface area contributed by atoms with Crippen LogP contribution in [0.2, 0.25) is 0 Å². The number of benzene rings is 1. The van der Waals surface area contributed by atoms with Crippen LogP contribution < -0.4 is 16.4 Å². The van der Waals surface area contributed by atoms with E-state index in [2.05, 4.69) is 20.1 Å². The lowest BCUT2D eigenvalue weighted by Gasteiger charge is -2.22. The van der Waals surface area contributed by atoms with Crippen molar-refractivity contribution in [2.75, 3.05) is 22.9 Å². The first-order valence-electron chi connectivity index (χ1n) is 9.70. The number of nitrogen functional groups attached to an aromatic ring is 2. The molecule has 0 atom stereocenters. The fourth-order valence-corrected chi connectivity index (χ4v) is 3.39. The third kappa shape index (κ3) is 4.73. The van der Waals surface area contributed by atoms with Gasteiger partial charge in [0.2, 0.25) is 0 Å². The molecule has 3 aromatic heterocycles. The molecular formula is C20H15F5N8O2. The fourth-order valence-electron chi connectivity index (χ4n) is 3.39. The first-order valence-corrected chi connectivity index (χ1v) is 9.70. The van der Waals surface area contributed by atoms with E-state index in [9.17, 15) is 31.9 Å². The molecule has 0 aliphatic heterocycles. The molecule has 35 heavy (non-hydrogen) atoms. The van der Waals surface area contributed by atoms with E-state index in [-0.39, 0.29) is 39.6 Å². The average molecular weight is 494 g/mol. The number of anilines is 3. The van der Waals surface area contributed by atoms with E-state index in [1.807, 2.05) is 0 Å². The number of amides is 1. The van der Waals surface area contributed by atoms with Crippen LogP contribution >= 0.6 is 0 Å². The number of halogens is 5. The van der Waals surface area contributed by atoms with Crippen molar-refractivity contribution in [3.63, 3.8) is 0 Å². The van der Waals surface area contributed by atoms with Gasteiger partial charge in [-0.15, -0.1) is 0 Å². The van der Waals surface area contributed by atoms with Gasteiger partial charge < -0.3 is 16.6 Å². The Balaban J connectivity index is 1.84. The van der Waals surface area contributed by atoms with Crippen molar-refractivity contribution in [3.05, 3.63) is 53.7 Å². The zero-order chi connectivity index (χ0) is 25.5. The quantitative estimate of drug-likeness (QED) is 0.357. The second-order valence-corrected chi connectivity index (χ2v) is 7.27. The molecule has 3 heterocycles. The topological polar surface area (TPSA) is 149 Å². The molecule has 4 rings (SSSR count). The smallest absolute Gasteiger partial charge is 0.412 e. The molecule has 182 valence electrons. The van der Waals surface area contributed by atoms with Crippen LogP contribution in [0.15, 0.2) is 36.5 Å². The van der Waals surface area contributed by atoms with Gasteiger partial charge in [0.05, 0.1) is 18.1 Å². The highest BCUT2D eigenvalue weighted by Gasteiger charge is 2.36. The molecule has 0 aliphatic rings. The Labute approximate surface area is 192 Å². The van der Waals surface area contributed by atoms with Gasteiger partial charge in [0.25, 0.3) is 0 Å². The van der Waals surface area contributed by atoms with Crippen molar-refractivity contribution in [2.24, 2.45) is 0 Å². The van der Waals surface area contributed by atoms with Gasteiger partial charge in [0.15, 0.2) is 23.1 Å². The SMILES string of the molecule is Nc1nc(-c2nn(Cc3ccccc3F)c3ncc(F)cc23)nc(N)c1N(CC(F)(F)F)C(=O)O. The number of aromatic nitrogens is 5. The van der Waals surface area contributed by atoms with Crippen molar-refractivity contribution in [3.8, 4) is 11.5 Å². The van der Waals surface area contributed by atoms with E-state index in [4.69, 9.17) is 11.5 Å². The lowest BCUT2D eigenvalue weighted by Crippen LogP contribution is -2.39. The number of hydrogen-bond donors (Lipinski definition) is 3. The zero-order valence-electron chi connectivity index (χ0n) is 17.5. The van der Waals surface area contributed by atoms with Crippen LogP contribution in [0.5, 0.6) is 0 Å². The molecule has 15 heteroatoms. The summed E-state index contributed by atoms with van der Waals surface area (Å²) < 4.78 is 68.0. The molecule has 0 saturated heterocycles. The van der Waals surface area contributed by atoms with E-state index < -0.39 is 47.8 Å². The van der Waals surface area contributed by atoms with Gasteiger partial charge in [-0.2, -0.15) is 18.3 Å². The molecule has 5 N–H and O–H groups in total. The van der Waals surface area contributed by atoms with Gasteiger partial charge in [-0.3, -0.25) is 4.90 Å². The Kier molecular flexibility index (Phi) is 5.84. The van der Waals surface area contributed by atoms with E-state index in [1.54, 1.807) is 6.07 Å². The molecular weight excluding hydrogens is 479 g/mol. The second-order valence-electron chi connectivity index (χ2n) is 7.27. The number of carbonyl (C=O) groups is 1. The maximum Gasteiger partial charge on any atom is 0.412 e. The van der Waals surface area contributed by atoms with Gasteiger partial charge in [-0.25, -0.2) is 33.2 Å². The summed E-state index contributed by atoms with van der Waals surface area (Å²) in [6.07, 6.45) is -5.97. The molecule has 1 aromatic carbocycles. The summed E-state index contributed by atoms with van der Waals surface area (Å²) in [7, 11) is 0. The summed E-state index contributed by atoms with van der Waals surface area (Å²) in [4.78, 5) is 23.0. The van der Waals surface area contributed by atoms with Crippen LogP contribution in [0.3, 0.4) is 0 Å². The number of nitrogens with zero attached hydrogens (tertiary/aromatic N) is 6. The number of rotatable bonds is 5. The predicted molar refractivity (Wildman–Crippen MR) is 114 cm³/mol. The maximum absolute atomic E-state index is 14.2. The van der Waals surface area contributed by atoms with Gasteiger partial charge >= 0.3 is 12.3 Å². The maximum atomic E-state index is 14.2. The summed E-state index contributed by atoms with van der Waals surface area (Å²) in [5.41, 5.74) is 11.0. The number of carboxylic acid groups (broad SMARTS) is 1. The van der Waals surface area contributed by atoms with E-state index in [1.165, 1.54) is 22.9 Å². The average Bonchev–Trinajstić information content (AvgIpc) is 3.10. The standard InChI is InChI=1S/C20H15F5N8O2/c21-10-5-11-13(31-33(18(11)28-6-10)7-9-3-1-2-4-12(9)22)17-29-15(26)14(16(27)30-17)32(19(34)35)8-20(23,24)25/h1-6H,7-8H2,(H,34,35)(H4,26,27,29,30). The minimum atomic E-state index is -4.90. The highest BCUT2D eigenvalue weighted by molar-refractivity contribution is 5.95. The van der Waals surface area contributed by atoms with Crippen molar-refractivity contribution in [2.45, 2.75) is 12.7 Å². The minimum absolute atomic E-state index is 0.0817. The van der Waals surface area contributed by atoms with Crippen LogP contribution in [0.4, 0.5) is 44.1 Å². The zero-order valence-corrected chi connectivity index (χ0v) is 17.5. The van der Waals surface area contributed by atoms with E-state index >= 15 is 0 Å². The van der Waals surface area contributed by atoms with Crippen LogP contribution in [-0.4, -0.2) is 48.7 Å². The largest absolute Gasteiger partial charge is 0.465 e. The molecule has 4 aromatic rings. The third-order valence-corrected chi connectivity index (χ3v) is 4.82. The van der Waals surface area contributed by atoms with Crippen LogP contribution in [0.1, 0.15) is 5.56 Å². The fraction of sp³-hybridized carbons (Fsp3) is 0.150. The summed E-state index contributed by atoms with van der Waals surface area (Å²) in [5, 5.41) is 13.6. The number of alkyl halides is 3. The van der Waals surface area contributed by atoms with Crippen molar-refractivity contribution in [1.29, 1.82) is 0 Å². The molecule has 0 fully saturated rings. The van der Waals surface area contributed by atoms with Crippen molar-refractivity contribution >= 4 is 34.4 Å². The van der Waals surface area contributed by atoms with Crippen LogP contribution in [0.25, 0.3) is 22.6 Å². The highest BCUT2D eigenvalue weighted by atomic mass is 19.4. The minimum Gasteiger partial charge on any atom is -0.465 e. The molecule has 0 spiro atoms. The Bertz CT molecular complexity index is 1420. The van der Waals surface area contributed by atoms with E-state index in [0.29, 0.717) is 0 Å². The summed E-state index contributed by atoms with van der Waals surface area (Å²) in [5.74, 6) is -2.96. The Morgan fingerprint density at radius 1 is 1.11 bits per heavy atom. The second kappa shape index (κ2) is 8.66. The van der Waals surface area contributed by atoms with Crippen molar-refractivity contribution in [1.82, 2.24) is 24.7 Å². The summed E-state index contributed by atoms with van der Waals surface area (Å²) in [6.45, 7) is -2.02. The predicted octanol–water partition coefficient (Wildman–Crippen LogP) is 3.43. The molecule has 0 unspecified atom stereocenters. The lowest BCUT2D eigenvalue weighted by atomic mass is 10.2.